The molecule has 1 aromatic heterocycles. The van der Waals surface area contributed by atoms with E-state index in [1.165, 1.54) is 36.4 Å². The molecule has 3 nitrogen and oxygen atoms in total. The van der Waals surface area contributed by atoms with Gasteiger partial charge in [-0.25, -0.2) is 4.98 Å². The van der Waals surface area contributed by atoms with E-state index in [4.69, 9.17) is 10.7 Å². The Kier molecular flexibility index (Phi) is 3.43. The molecule has 3 heterocycles. The van der Waals surface area contributed by atoms with E-state index < -0.39 is 0 Å². The maximum absolute atomic E-state index is 6.11. The van der Waals surface area contributed by atoms with Gasteiger partial charge in [-0.05, 0) is 25.7 Å². The molecule has 4 heteroatoms. The third-order valence-corrected chi connectivity index (χ3v) is 5.52. The van der Waals surface area contributed by atoms with E-state index >= 15 is 0 Å². The second-order valence-corrected chi connectivity index (χ2v) is 7.01. The first-order chi connectivity index (χ1) is 8.63. The van der Waals surface area contributed by atoms with Crippen molar-refractivity contribution in [1.82, 2.24) is 9.88 Å². The molecule has 2 atom stereocenters. The van der Waals surface area contributed by atoms with Crippen LogP contribution in [0.15, 0.2) is 5.38 Å². The van der Waals surface area contributed by atoms with Crippen LogP contribution in [-0.4, -0.2) is 28.0 Å². The van der Waals surface area contributed by atoms with Crippen molar-refractivity contribution in [3.05, 3.63) is 16.1 Å². The number of thiazole rings is 1. The van der Waals surface area contributed by atoms with Gasteiger partial charge in [0.05, 0.1) is 10.7 Å². The van der Waals surface area contributed by atoms with Gasteiger partial charge in [-0.2, -0.15) is 0 Å². The lowest BCUT2D eigenvalue weighted by Crippen LogP contribution is -2.46. The zero-order valence-corrected chi connectivity index (χ0v) is 12.1. The van der Waals surface area contributed by atoms with Crippen LogP contribution in [0.2, 0.25) is 0 Å². The van der Waals surface area contributed by atoms with Gasteiger partial charge in [0.1, 0.15) is 0 Å². The monoisotopic (exact) mass is 265 g/mol. The van der Waals surface area contributed by atoms with E-state index in [9.17, 15) is 0 Å². The lowest BCUT2D eigenvalue weighted by atomic mass is 9.98. The Hall–Kier alpha value is -0.450. The Balaban J connectivity index is 1.69. The van der Waals surface area contributed by atoms with Crippen molar-refractivity contribution in [3.63, 3.8) is 0 Å². The van der Waals surface area contributed by atoms with Crippen LogP contribution < -0.4 is 5.73 Å². The summed E-state index contributed by atoms with van der Waals surface area (Å²) in [6, 6.07) is 1.85. The average Bonchev–Trinajstić information content (AvgIpc) is 2.85. The summed E-state index contributed by atoms with van der Waals surface area (Å²) in [5.41, 5.74) is 7.38. The van der Waals surface area contributed by atoms with Gasteiger partial charge in [-0.3, -0.25) is 4.90 Å². The Morgan fingerprint density at radius 3 is 2.61 bits per heavy atom. The fourth-order valence-corrected chi connectivity index (χ4v) is 4.25. The summed E-state index contributed by atoms with van der Waals surface area (Å²) in [5, 5.41) is 3.51. The van der Waals surface area contributed by atoms with Gasteiger partial charge in [-0.1, -0.05) is 13.8 Å². The van der Waals surface area contributed by atoms with Gasteiger partial charge in [-0.15, -0.1) is 11.3 Å². The topological polar surface area (TPSA) is 42.2 Å². The highest BCUT2D eigenvalue weighted by molar-refractivity contribution is 7.09. The molecule has 100 valence electrons. The second-order valence-electron chi connectivity index (χ2n) is 6.12. The molecular formula is C14H23N3S. The predicted molar refractivity (Wildman–Crippen MR) is 75.8 cm³/mol. The van der Waals surface area contributed by atoms with E-state index in [0.717, 1.165) is 6.54 Å². The number of hydrogen-bond acceptors (Lipinski definition) is 4. The van der Waals surface area contributed by atoms with Crippen LogP contribution in [-0.2, 0) is 6.54 Å². The number of hydrogen-bond donors (Lipinski definition) is 1. The lowest BCUT2D eigenvalue weighted by Gasteiger charge is -2.37. The summed E-state index contributed by atoms with van der Waals surface area (Å²) in [4.78, 5) is 7.42. The molecule has 1 aromatic rings. The Morgan fingerprint density at radius 2 is 2.06 bits per heavy atom. The molecule has 0 aliphatic carbocycles. The Bertz CT molecular complexity index is 401. The second kappa shape index (κ2) is 4.91. The van der Waals surface area contributed by atoms with Crippen LogP contribution in [0.5, 0.6) is 0 Å². The van der Waals surface area contributed by atoms with Gasteiger partial charge in [0.15, 0.2) is 0 Å². The van der Waals surface area contributed by atoms with E-state index in [0.29, 0.717) is 24.0 Å². The summed E-state index contributed by atoms with van der Waals surface area (Å²) in [7, 11) is 0. The molecule has 3 rings (SSSR count). The van der Waals surface area contributed by atoms with Crippen LogP contribution in [0.4, 0.5) is 0 Å². The van der Waals surface area contributed by atoms with E-state index in [1.54, 1.807) is 0 Å². The molecule has 0 radical (unpaired) electrons. The molecule has 2 bridgehead atoms. The van der Waals surface area contributed by atoms with E-state index in [1.807, 2.05) is 11.3 Å². The first-order valence-corrected chi connectivity index (χ1v) is 7.97. The largest absolute Gasteiger partial charge is 0.328 e. The normalized spacial score (nSPS) is 32.3. The molecule has 0 amide bonds. The molecular weight excluding hydrogens is 242 g/mol. The van der Waals surface area contributed by atoms with Crippen molar-refractivity contribution < 1.29 is 0 Å². The van der Waals surface area contributed by atoms with Gasteiger partial charge in [0, 0.05) is 36.0 Å². The van der Waals surface area contributed by atoms with Crippen LogP contribution in [0.1, 0.15) is 56.2 Å². The fraction of sp³-hybridized carbons (Fsp3) is 0.786. The molecule has 2 aliphatic heterocycles. The maximum atomic E-state index is 6.11. The average molecular weight is 265 g/mol. The van der Waals surface area contributed by atoms with Crippen LogP contribution in [0.25, 0.3) is 0 Å². The summed E-state index contributed by atoms with van der Waals surface area (Å²) in [6.07, 6.45) is 5.02. The van der Waals surface area contributed by atoms with E-state index in [-0.39, 0.29) is 0 Å². The number of fused-ring (bicyclic) bond motifs is 2. The Morgan fingerprint density at radius 1 is 1.39 bits per heavy atom. The van der Waals surface area contributed by atoms with Gasteiger partial charge >= 0.3 is 0 Å². The van der Waals surface area contributed by atoms with Crippen LogP contribution >= 0.6 is 11.3 Å². The maximum Gasteiger partial charge on any atom is 0.0954 e. The fourth-order valence-electron chi connectivity index (χ4n) is 3.42. The number of aromatic nitrogens is 1. The van der Waals surface area contributed by atoms with Crippen molar-refractivity contribution in [2.45, 2.75) is 70.1 Å². The van der Waals surface area contributed by atoms with Crippen molar-refractivity contribution in [2.75, 3.05) is 0 Å². The SMILES string of the molecule is CC(C)c1nc(CN2C3CCC2CC(N)C3)cs1. The van der Waals surface area contributed by atoms with Crippen molar-refractivity contribution in [3.8, 4) is 0 Å². The first-order valence-electron chi connectivity index (χ1n) is 7.09. The van der Waals surface area contributed by atoms with Crippen LogP contribution in [0, 0.1) is 0 Å². The molecule has 0 saturated carbocycles. The molecule has 0 spiro atoms. The number of nitrogens with two attached hydrogens (primary N) is 1. The third kappa shape index (κ3) is 2.33. The van der Waals surface area contributed by atoms with Crippen molar-refractivity contribution in [2.24, 2.45) is 5.73 Å². The highest BCUT2D eigenvalue weighted by Crippen LogP contribution is 2.36. The minimum absolute atomic E-state index is 0.431. The minimum Gasteiger partial charge on any atom is -0.328 e. The predicted octanol–water partition coefficient (Wildman–Crippen LogP) is 2.72. The summed E-state index contributed by atoms with van der Waals surface area (Å²) in [5.74, 6) is 0.551. The molecule has 0 aromatic carbocycles. The number of rotatable bonds is 3. The zero-order valence-electron chi connectivity index (χ0n) is 11.3. The standard InChI is InChI=1S/C14H23N3S/c1-9(2)14-16-11(8-18-14)7-17-12-3-4-13(17)6-10(15)5-12/h8-10,12-13H,3-7,15H2,1-2H3. The lowest BCUT2D eigenvalue weighted by molar-refractivity contribution is 0.118. The van der Waals surface area contributed by atoms with Gasteiger partial charge < -0.3 is 5.73 Å². The molecule has 2 saturated heterocycles. The molecule has 2 aliphatic rings. The van der Waals surface area contributed by atoms with E-state index in [2.05, 4.69) is 24.1 Å². The zero-order chi connectivity index (χ0) is 12.7. The van der Waals surface area contributed by atoms with Crippen molar-refractivity contribution >= 4 is 11.3 Å². The molecule has 18 heavy (non-hydrogen) atoms. The molecule has 2 N–H and O–H groups in total. The molecule has 2 unspecified atom stereocenters. The Labute approximate surface area is 113 Å². The third-order valence-electron chi connectivity index (χ3n) is 4.33. The minimum atomic E-state index is 0.431. The number of piperidine rings is 1. The molecule has 2 fully saturated rings. The quantitative estimate of drug-likeness (QED) is 0.913. The summed E-state index contributed by atoms with van der Waals surface area (Å²) in [6.45, 7) is 5.46. The smallest absolute Gasteiger partial charge is 0.0954 e. The first kappa shape index (κ1) is 12.6. The number of nitrogens with zero attached hydrogens (tertiary/aromatic N) is 2. The van der Waals surface area contributed by atoms with Crippen LogP contribution in [0.3, 0.4) is 0 Å². The highest BCUT2D eigenvalue weighted by Gasteiger charge is 2.39. The van der Waals surface area contributed by atoms with Crippen molar-refractivity contribution in [1.29, 1.82) is 0 Å². The van der Waals surface area contributed by atoms with Gasteiger partial charge in [0.2, 0.25) is 0 Å². The highest BCUT2D eigenvalue weighted by atomic mass is 32.1. The summed E-state index contributed by atoms with van der Waals surface area (Å²) >= 11 is 1.81. The summed E-state index contributed by atoms with van der Waals surface area (Å²) < 4.78 is 0. The van der Waals surface area contributed by atoms with Gasteiger partial charge in [0.25, 0.3) is 0 Å².